The first-order chi connectivity index (χ1) is 14.3. The standard InChI is InChI=1S/C21H16BrFN2O5/c1-3-7-30-18-11-16(22)12(9-17(18)29-2)8-15-19(26)24-21(28)25(20(15)27)14-6-4-5-13(23)10-14/h3-6,8-11H,1,7H2,2H3,(H,24,26,28)/b15-8+. The van der Waals surface area contributed by atoms with Crippen molar-refractivity contribution in [2.45, 2.75) is 0 Å². The molecule has 9 heteroatoms. The zero-order valence-electron chi connectivity index (χ0n) is 15.8. The van der Waals surface area contributed by atoms with E-state index in [1.807, 2.05) is 0 Å². The Morgan fingerprint density at radius 1 is 1.20 bits per heavy atom. The molecule has 0 saturated carbocycles. The van der Waals surface area contributed by atoms with Crippen molar-refractivity contribution < 1.29 is 28.2 Å². The minimum atomic E-state index is -0.961. The zero-order valence-corrected chi connectivity index (χ0v) is 17.4. The van der Waals surface area contributed by atoms with Gasteiger partial charge in [-0.25, -0.2) is 14.1 Å². The molecule has 1 aliphatic rings. The Morgan fingerprint density at radius 3 is 2.63 bits per heavy atom. The molecule has 1 aliphatic heterocycles. The average molecular weight is 475 g/mol. The number of anilines is 1. The summed E-state index contributed by atoms with van der Waals surface area (Å²) in [7, 11) is 1.45. The number of urea groups is 1. The van der Waals surface area contributed by atoms with Gasteiger partial charge in [0.2, 0.25) is 0 Å². The number of nitrogens with one attached hydrogen (secondary N) is 1. The number of nitrogens with zero attached hydrogens (tertiary/aromatic N) is 1. The number of benzene rings is 2. The van der Waals surface area contributed by atoms with Crippen molar-refractivity contribution in [3.05, 3.63) is 70.5 Å². The lowest BCUT2D eigenvalue weighted by atomic mass is 10.1. The third-order valence-electron chi connectivity index (χ3n) is 4.11. The van der Waals surface area contributed by atoms with Crippen LogP contribution in [0.4, 0.5) is 14.9 Å². The molecule has 0 atom stereocenters. The average Bonchev–Trinajstić information content (AvgIpc) is 2.70. The maximum Gasteiger partial charge on any atom is 0.335 e. The predicted molar refractivity (Wildman–Crippen MR) is 112 cm³/mol. The van der Waals surface area contributed by atoms with Crippen LogP contribution in [-0.2, 0) is 9.59 Å². The van der Waals surface area contributed by atoms with Gasteiger partial charge in [0.15, 0.2) is 11.5 Å². The first-order valence-corrected chi connectivity index (χ1v) is 9.43. The van der Waals surface area contributed by atoms with Crippen molar-refractivity contribution >= 4 is 45.5 Å². The summed E-state index contributed by atoms with van der Waals surface area (Å²) in [6.45, 7) is 3.84. The summed E-state index contributed by atoms with van der Waals surface area (Å²) in [4.78, 5) is 38.1. The van der Waals surface area contributed by atoms with E-state index in [1.54, 1.807) is 18.2 Å². The first-order valence-electron chi connectivity index (χ1n) is 8.64. The summed E-state index contributed by atoms with van der Waals surface area (Å²) in [5.74, 6) is -1.57. The van der Waals surface area contributed by atoms with E-state index in [4.69, 9.17) is 9.47 Å². The van der Waals surface area contributed by atoms with Gasteiger partial charge in [-0.3, -0.25) is 14.9 Å². The van der Waals surface area contributed by atoms with Gasteiger partial charge in [-0.1, -0.05) is 34.7 Å². The molecule has 7 nitrogen and oxygen atoms in total. The van der Waals surface area contributed by atoms with Crippen molar-refractivity contribution in [2.75, 3.05) is 18.6 Å². The number of halogens is 2. The fourth-order valence-corrected chi connectivity index (χ4v) is 3.18. The molecule has 154 valence electrons. The van der Waals surface area contributed by atoms with Gasteiger partial charge in [-0.05, 0) is 42.0 Å². The van der Waals surface area contributed by atoms with E-state index in [2.05, 4.69) is 27.8 Å². The van der Waals surface area contributed by atoms with Crippen LogP contribution in [0, 0.1) is 5.82 Å². The second-order valence-electron chi connectivity index (χ2n) is 6.06. The number of carbonyl (C=O) groups is 3. The lowest BCUT2D eigenvalue weighted by molar-refractivity contribution is -0.122. The van der Waals surface area contributed by atoms with Crippen LogP contribution in [0.5, 0.6) is 11.5 Å². The molecule has 2 aromatic rings. The van der Waals surface area contributed by atoms with Gasteiger partial charge >= 0.3 is 6.03 Å². The van der Waals surface area contributed by atoms with Crippen molar-refractivity contribution in [1.82, 2.24) is 5.32 Å². The lowest BCUT2D eigenvalue weighted by Crippen LogP contribution is -2.54. The minimum absolute atomic E-state index is 0.000666. The van der Waals surface area contributed by atoms with E-state index >= 15 is 0 Å². The Morgan fingerprint density at radius 2 is 1.97 bits per heavy atom. The van der Waals surface area contributed by atoms with Crippen molar-refractivity contribution in [3.63, 3.8) is 0 Å². The molecule has 0 radical (unpaired) electrons. The molecule has 1 fully saturated rings. The van der Waals surface area contributed by atoms with Crippen LogP contribution in [0.2, 0.25) is 0 Å². The SMILES string of the molecule is C=CCOc1cc(Br)c(/C=C2\C(=O)NC(=O)N(c3cccc(F)c3)C2=O)cc1OC. The number of hydrogen-bond donors (Lipinski definition) is 1. The maximum atomic E-state index is 13.6. The molecule has 1 N–H and O–H groups in total. The molecule has 0 aliphatic carbocycles. The topological polar surface area (TPSA) is 84.9 Å². The molecule has 0 bridgehead atoms. The highest BCUT2D eigenvalue weighted by atomic mass is 79.9. The monoisotopic (exact) mass is 474 g/mol. The Kier molecular flexibility index (Phi) is 6.31. The first kappa shape index (κ1) is 21.3. The summed E-state index contributed by atoms with van der Waals surface area (Å²) < 4.78 is 24.9. The van der Waals surface area contributed by atoms with E-state index in [0.717, 1.165) is 6.07 Å². The van der Waals surface area contributed by atoms with Gasteiger partial charge in [-0.2, -0.15) is 0 Å². The summed E-state index contributed by atoms with van der Waals surface area (Å²) in [5, 5.41) is 2.09. The number of amides is 4. The van der Waals surface area contributed by atoms with Crippen LogP contribution >= 0.6 is 15.9 Å². The summed E-state index contributed by atoms with van der Waals surface area (Å²) in [6.07, 6.45) is 2.88. The molecule has 2 aromatic carbocycles. The smallest absolute Gasteiger partial charge is 0.335 e. The number of carbonyl (C=O) groups excluding carboxylic acids is 3. The molecular weight excluding hydrogens is 459 g/mol. The number of methoxy groups -OCH3 is 1. The van der Waals surface area contributed by atoms with Crippen LogP contribution in [0.15, 0.2) is 59.1 Å². The minimum Gasteiger partial charge on any atom is -0.493 e. The van der Waals surface area contributed by atoms with Gasteiger partial charge in [0.1, 0.15) is 18.0 Å². The molecule has 0 unspecified atom stereocenters. The summed E-state index contributed by atoms with van der Waals surface area (Å²) >= 11 is 3.37. The van der Waals surface area contributed by atoms with Gasteiger partial charge in [0.25, 0.3) is 11.8 Å². The van der Waals surface area contributed by atoms with Crippen molar-refractivity contribution in [1.29, 1.82) is 0 Å². The molecule has 3 rings (SSSR count). The quantitative estimate of drug-likeness (QED) is 0.390. The number of ether oxygens (including phenoxy) is 2. The van der Waals surface area contributed by atoms with Crippen LogP contribution in [-0.4, -0.2) is 31.6 Å². The van der Waals surface area contributed by atoms with Gasteiger partial charge < -0.3 is 9.47 Å². The summed E-state index contributed by atoms with van der Waals surface area (Å²) in [5.41, 5.74) is 0.131. The largest absolute Gasteiger partial charge is 0.493 e. The van der Waals surface area contributed by atoms with Crippen molar-refractivity contribution in [3.8, 4) is 11.5 Å². The third-order valence-corrected chi connectivity index (χ3v) is 4.79. The third kappa shape index (κ3) is 4.25. The Hall–Kier alpha value is -3.46. The lowest BCUT2D eigenvalue weighted by Gasteiger charge is -2.26. The molecule has 30 heavy (non-hydrogen) atoms. The number of imide groups is 2. The van der Waals surface area contributed by atoms with Gasteiger partial charge in [0, 0.05) is 4.47 Å². The highest BCUT2D eigenvalue weighted by molar-refractivity contribution is 9.10. The second kappa shape index (κ2) is 8.91. The van der Waals surface area contributed by atoms with Crippen LogP contribution in [0.25, 0.3) is 6.08 Å². The predicted octanol–water partition coefficient (Wildman–Crippen LogP) is 3.83. The molecular formula is C21H16BrFN2O5. The van der Waals surface area contributed by atoms with E-state index < -0.39 is 23.7 Å². The molecule has 1 saturated heterocycles. The van der Waals surface area contributed by atoms with E-state index in [1.165, 1.54) is 31.4 Å². The van der Waals surface area contributed by atoms with Gasteiger partial charge in [-0.15, -0.1) is 0 Å². The fourth-order valence-electron chi connectivity index (χ4n) is 2.75. The molecule has 0 aromatic heterocycles. The number of barbiturate groups is 1. The highest BCUT2D eigenvalue weighted by Gasteiger charge is 2.37. The normalized spacial score (nSPS) is 15.2. The Bertz CT molecular complexity index is 1080. The van der Waals surface area contributed by atoms with Crippen LogP contribution < -0.4 is 19.7 Å². The van der Waals surface area contributed by atoms with E-state index in [-0.39, 0.29) is 17.9 Å². The number of hydrogen-bond acceptors (Lipinski definition) is 5. The molecule has 4 amide bonds. The van der Waals surface area contributed by atoms with Crippen LogP contribution in [0.1, 0.15) is 5.56 Å². The van der Waals surface area contributed by atoms with E-state index in [9.17, 15) is 18.8 Å². The van der Waals surface area contributed by atoms with E-state index in [0.29, 0.717) is 26.4 Å². The zero-order chi connectivity index (χ0) is 21.8. The van der Waals surface area contributed by atoms with Gasteiger partial charge in [0.05, 0.1) is 12.8 Å². The highest BCUT2D eigenvalue weighted by Crippen LogP contribution is 2.35. The Labute approximate surface area is 179 Å². The van der Waals surface area contributed by atoms with Crippen molar-refractivity contribution in [2.24, 2.45) is 0 Å². The molecule has 0 spiro atoms. The second-order valence-corrected chi connectivity index (χ2v) is 6.92. The fraction of sp³-hybridized carbons (Fsp3) is 0.0952. The maximum absolute atomic E-state index is 13.6. The Balaban J connectivity index is 2.03. The number of rotatable bonds is 6. The summed E-state index contributed by atoms with van der Waals surface area (Å²) in [6, 6.07) is 7.17. The van der Waals surface area contributed by atoms with Crippen LogP contribution in [0.3, 0.4) is 0 Å². The molecule has 1 heterocycles.